The van der Waals surface area contributed by atoms with Gasteiger partial charge in [0.15, 0.2) is 0 Å². The van der Waals surface area contributed by atoms with Gasteiger partial charge >= 0.3 is 0 Å². The molecule has 116 valence electrons. The highest BCUT2D eigenvalue weighted by molar-refractivity contribution is 6.33. The van der Waals surface area contributed by atoms with E-state index < -0.39 is 0 Å². The Hall–Kier alpha value is -0.280. The van der Waals surface area contributed by atoms with Crippen LogP contribution in [-0.4, -0.2) is 29.1 Å². The predicted octanol–water partition coefficient (Wildman–Crippen LogP) is 4.35. The summed E-state index contributed by atoms with van der Waals surface area (Å²) in [5.74, 6) is 0.825. The van der Waals surface area contributed by atoms with E-state index in [0.29, 0.717) is 0 Å². The molecule has 1 atom stereocenters. The Kier molecular flexibility index (Phi) is 4.03. The number of hydrogen-bond donors (Lipinski definition) is 1. The Bertz CT molecular complexity index is 540. The zero-order valence-electron chi connectivity index (χ0n) is 13.0. The number of piperazine rings is 1. The number of hydrogen-bond acceptors (Lipinski definition) is 2. The molecule has 2 nitrogen and oxygen atoms in total. The molecule has 1 aromatic carbocycles. The lowest BCUT2D eigenvalue weighted by Gasteiger charge is -2.51. The quantitative estimate of drug-likeness (QED) is 0.888. The molecule has 0 radical (unpaired) electrons. The maximum atomic E-state index is 6.35. The summed E-state index contributed by atoms with van der Waals surface area (Å²) in [6, 6.07) is 5.75. The van der Waals surface area contributed by atoms with E-state index in [2.05, 4.69) is 31.0 Å². The smallest absolute Gasteiger partial charge is 0.0452 e. The Balaban J connectivity index is 1.82. The van der Waals surface area contributed by atoms with Gasteiger partial charge < -0.3 is 5.32 Å². The SMILES string of the molecule is CC1(C2CC2)CN(Cc2cc(Cl)ccc2Cl)C(C)(C)CN1. The molecule has 4 heteroatoms. The van der Waals surface area contributed by atoms with Crippen molar-refractivity contribution in [3.63, 3.8) is 0 Å². The minimum absolute atomic E-state index is 0.125. The molecule has 1 aromatic rings. The number of nitrogens with zero attached hydrogens (tertiary/aromatic N) is 1. The van der Waals surface area contributed by atoms with Crippen LogP contribution in [0.2, 0.25) is 10.0 Å². The second-order valence-corrected chi connectivity index (χ2v) is 8.29. The zero-order chi connectivity index (χ0) is 15.3. The van der Waals surface area contributed by atoms with Gasteiger partial charge in [-0.05, 0) is 63.3 Å². The fourth-order valence-electron chi connectivity index (χ4n) is 3.33. The molecule has 1 unspecified atom stereocenters. The van der Waals surface area contributed by atoms with Crippen molar-refractivity contribution in [2.75, 3.05) is 13.1 Å². The highest BCUT2D eigenvalue weighted by Crippen LogP contribution is 2.43. The average molecular weight is 327 g/mol. The van der Waals surface area contributed by atoms with Crippen LogP contribution in [-0.2, 0) is 6.54 Å². The first-order chi connectivity index (χ1) is 9.80. The summed E-state index contributed by atoms with van der Waals surface area (Å²) in [4.78, 5) is 2.55. The summed E-state index contributed by atoms with van der Waals surface area (Å²) in [5.41, 5.74) is 1.48. The molecular formula is C17H24Cl2N2. The Labute approximate surface area is 137 Å². The lowest BCUT2D eigenvalue weighted by molar-refractivity contribution is 0.0178. The molecule has 2 fully saturated rings. The Morgan fingerprint density at radius 1 is 1.24 bits per heavy atom. The van der Waals surface area contributed by atoms with E-state index in [9.17, 15) is 0 Å². The van der Waals surface area contributed by atoms with Gasteiger partial charge in [0, 0.05) is 40.8 Å². The van der Waals surface area contributed by atoms with Gasteiger partial charge in [-0.25, -0.2) is 0 Å². The predicted molar refractivity (Wildman–Crippen MR) is 90.1 cm³/mol. The van der Waals surface area contributed by atoms with Gasteiger partial charge in [-0.15, -0.1) is 0 Å². The fraction of sp³-hybridized carbons (Fsp3) is 0.647. The molecule has 2 aliphatic rings. The number of halogens is 2. The molecule has 1 saturated heterocycles. The summed E-state index contributed by atoms with van der Waals surface area (Å²) in [7, 11) is 0. The highest BCUT2D eigenvalue weighted by Gasteiger charge is 2.48. The monoisotopic (exact) mass is 326 g/mol. The first-order valence-corrected chi connectivity index (χ1v) is 8.50. The van der Waals surface area contributed by atoms with E-state index in [0.717, 1.165) is 41.2 Å². The third kappa shape index (κ3) is 3.24. The molecule has 1 aliphatic heterocycles. The van der Waals surface area contributed by atoms with Crippen molar-refractivity contribution in [1.82, 2.24) is 10.2 Å². The van der Waals surface area contributed by atoms with Gasteiger partial charge in [0.05, 0.1) is 0 Å². The largest absolute Gasteiger partial charge is 0.308 e. The Morgan fingerprint density at radius 3 is 2.62 bits per heavy atom. The average Bonchev–Trinajstić information content (AvgIpc) is 3.24. The first kappa shape index (κ1) is 15.6. The molecule has 1 aliphatic carbocycles. The maximum Gasteiger partial charge on any atom is 0.0452 e. The van der Waals surface area contributed by atoms with Crippen LogP contribution in [0.3, 0.4) is 0 Å². The van der Waals surface area contributed by atoms with E-state index >= 15 is 0 Å². The second-order valence-electron chi connectivity index (χ2n) is 7.45. The summed E-state index contributed by atoms with van der Waals surface area (Å²) >= 11 is 12.5. The van der Waals surface area contributed by atoms with Gasteiger partial charge in [-0.1, -0.05) is 23.2 Å². The molecule has 3 rings (SSSR count). The summed E-state index contributed by atoms with van der Waals surface area (Å²) in [6.07, 6.45) is 2.71. The summed E-state index contributed by atoms with van der Waals surface area (Å²) in [6.45, 7) is 9.89. The number of benzene rings is 1. The van der Waals surface area contributed by atoms with Crippen LogP contribution in [0.15, 0.2) is 18.2 Å². The molecule has 1 heterocycles. The van der Waals surface area contributed by atoms with Crippen molar-refractivity contribution in [2.24, 2.45) is 5.92 Å². The normalized spacial score (nSPS) is 29.6. The Morgan fingerprint density at radius 2 is 1.95 bits per heavy atom. The summed E-state index contributed by atoms with van der Waals surface area (Å²) in [5, 5.41) is 5.35. The minimum atomic E-state index is 0.125. The van der Waals surface area contributed by atoms with E-state index in [4.69, 9.17) is 23.2 Å². The van der Waals surface area contributed by atoms with Crippen LogP contribution in [0.1, 0.15) is 39.2 Å². The number of nitrogens with one attached hydrogen (secondary N) is 1. The minimum Gasteiger partial charge on any atom is -0.308 e. The molecule has 1 N–H and O–H groups in total. The molecule has 0 aromatic heterocycles. The van der Waals surface area contributed by atoms with Crippen LogP contribution < -0.4 is 5.32 Å². The van der Waals surface area contributed by atoms with E-state index in [1.165, 1.54) is 12.8 Å². The molecule has 0 amide bonds. The molecule has 0 bridgehead atoms. The van der Waals surface area contributed by atoms with E-state index in [1.807, 2.05) is 18.2 Å². The van der Waals surface area contributed by atoms with Crippen molar-refractivity contribution in [1.29, 1.82) is 0 Å². The topological polar surface area (TPSA) is 15.3 Å². The first-order valence-electron chi connectivity index (χ1n) is 7.74. The standard InChI is InChI=1S/C17H24Cl2N2/c1-16(2)10-20-17(3,13-4-5-13)11-21(16)9-12-8-14(18)6-7-15(12)19/h6-8,13,20H,4-5,9-11H2,1-3H3. The van der Waals surface area contributed by atoms with Crippen LogP contribution in [0.4, 0.5) is 0 Å². The van der Waals surface area contributed by atoms with Gasteiger partial charge in [0.2, 0.25) is 0 Å². The third-order valence-corrected chi connectivity index (χ3v) is 5.75. The lowest BCUT2D eigenvalue weighted by atomic mass is 9.86. The lowest BCUT2D eigenvalue weighted by Crippen LogP contribution is -2.67. The van der Waals surface area contributed by atoms with Crippen LogP contribution >= 0.6 is 23.2 Å². The second kappa shape index (κ2) is 5.42. The third-order valence-electron chi connectivity index (χ3n) is 5.15. The molecule has 21 heavy (non-hydrogen) atoms. The van der Waals surface area contributed by atoms with Crippen LogP contribution in [0.25, 0.3) is 0 Å². The fourth-order valence-corrected chi connectivity index (χ4v) is 3.70. The van der Waals surface area contributed by atoms with Gasteiger partial charge in [0.1, 0.15) is 0 Å². The van der Waals surface area contributed by atoms with E-state index in [1.54, 1.807) is 0 Å². The molecular weight excluding hydrogens is 303 g/mol. The maximum absolute atomic E-state index is 6.35. The molecule has 1 saturated carbocycles. The van der Waals surface area contributed by atoms with Crippen LogP contribution in [0.5, 0.6) is 0 Å². The van der Waals surface area contributed by atoms with Crippen molar-refractivity contribution in [2.45, 2.75) is 51.2 Å². The van der Waals surface area contributed by atoms with Gasteiger partial charge in [-0.2, -0.15) is 0 Å². The van der Waals surface area contributed by atoms with Crippen molar-refractivity contribution >= 4 is 23.2 Å². The molecule has 0 spiro atoms. The van der Waals surface area contributed by atoms with Crippen molar-refractivity contribution in [3.8, 4) is 0 Å². The van der Waals surface area contributed by atoms with Gasteiger partial charge in [-0.3, -0.25) is 4.90 Å². The van der Waals surface area contributed by atoms with Crippen LogP contribution in [0, 0.1) is 5.92 Å². The van der Waals surface area contributed by atoms with Gasteiger partial charge in [0.25, 0.3) is 0 Å². The van der Waals surface area contributed by atoms with Crippen molar-refractivity contribution in [3.05, 3.63) is 33.8 Å². The van der Waals surface area contributed by atoms with Crippen molar-refractivity contribution < 1.29 is 0 Å². The highest BCUT2D eigenvalue weighted by atomic mass is 35.5. The zero-order valence-corrected chi connectivity index (χ0v) is 14.6. The van der Waals surface area contributed by atoms with E-state index in [-0.39, 0.29) is 11.1 Å². The number of rotatable bonds is 3. The summed E-state index contributed by atoms with van der Waals surface area (Å²) < 4.78 is 0.